The highest BCUT2D eigenvalue weighted by atomic mass is 16.6. The Morgan fingerprint density at radius 1 is 1.44 bits per heavy atom. The normalized spacial score (nSPS) is 17.6. The molecule has 0 aromatic heterocycles. The quantitative estimate of drug-likeness (QED) is 0.457. The molecule has 1 aliphatic rings. The van der Waals surface area contributed by atoms with E-state index in [1.165, 1.54) is 24.3 Å². The summed E-state index contributed by atoms with van der Waals surface area (Å²) in [5.74, 6) is -0.0222. The molecule has 0 aliphatic carbocycles. The van der Waals surface area contributed by atoms with E-state index in [1.54, 1.807) is 0 Å². The second-order valence-corrected chi connectivity index (χ2v) is 4.56. The number of nitro benzene ring substituents is 1. The molecular weight excluding hydrogens is 232 g/mol. The minimum atomic E-state index is -0.463. The third kappa shape index (κ3) is 2.67. The Balaban J connectivity index is 1.96. The highest BCUT2D eigenvalue weighted by Gasteiger charge is 2.37. The van der Waals surface area contributed by atoms with Crippen LogP contribution in [-0.2, 0) is 0 Å². The van der Waals surface area contributed by atoms with Gasteiger partial charge in [-0.05, 0) is 18.6 Å². The van der Waals surface area contributed by atoms with Gasteiger partial charge in [0.2, 0.25) is 0 Å². The van der Waals surface area contributed by atoms with E-state index >= 15 is 0 Å². The van der Waals surface area contributed by atoms with Crippen molar-refractivity contribution in [3.8, 4) is 0 Å². The average Bonchev–Trinajstić information content (AvgIpc) is 3.15. The number of carbonyl (C=O) groups is 1. The number of nitrogens with zero attached hydrogens (tertiary/aromatic N) is 2. The monoisotopic (exact) mass is 248 g/mol. The van der Waals surface area contributed by atoms with Crippen LogP contribution in [0, 0.1) is 10.1 Å². The number of non-ortho nitro benzene ring substituents is 1. The second-order valence-electron chi connectivity index (χ2n) is 4.56. The topological polar surface area (TPSA) is 63.2 Å². The van der Waals surface area contributed by atoms with Gasteiger partial charge in [0.25, 0.3) is 11.6 Å². The zero-order valence-electron chi connectivity index (χ0n) is 10.3. The molecule has 2 rings (SSSR count). The summed E-state index contributed by atoms with van der Waals surface area (Å²) < 4.78 is 0. The Morgan fingerprint density at radius 2 is 2.11 bits per heavy atom. The van der Waals surface area contributed by atoms with E-state index in [2.05, 4.69) is 6.92 Å². The third-order valence-electron chi connectivity index (χ3n) is 3.19. The Kier molecular flexibility index (Phi) is 3.60. The van der Waals surface area contributed by atoms with E-state index in [9.17, 15) is 14.9 Å². The smallest absolute Gasteiger partial charge is 0.269 e. The molecule has 1 atom stereocenters. The fourth-order valence-corrected chi connectivity index (χ4v) is 2.01. The van der Waals surface area contributed by atoms with Crippen LogP contribution < -0.4 is 0 Å². The summed E-state index contributed by atoms with van der Waals surface area (Å²) in [6.45, 7) is 2.95. The molecule has 0 spiro atoms. The van der Waals surface area contributed by atoms with Crippen molar-refractivity contribution in [1.82, 2.24) is 4.90 Å². The maximum atomic E-state index is 12.0. The average molecular weight is 248 g/mol. The van der Waals surface area contributed by atoms with Gasteiger partial charge in [0.15, 0.2) is 0 Å². The molecule has 96 valence electrons. The minimum absolute atomic E-state index is 0.0138. The number of amides is 1. The Labute approximate surface area is 106 Å². The van der Waals surface area contributed by atoms with Gasteiger partial charge < -0.3 is 4.90 Å². The Bertz CT molecular complexity index is 456. The lowest BCUT2D eigenvalue weighted by atomic mass is 10.2. The third-order valence-corrected chi connectivity index (χ3v) is 3.19. The molecule has 0 saturated carbocycles. The molecule has 1 aliphatic heterocycles. The first-order chi connectivity index (χ1) is 8.63. The zero-order chi connectivity index (χ0) is 13.1. The number of hydrogen-bond donors (Lipinski definition) is 0. The van der Waals surface area contributed by atoms with Crippen LogP contribution in [0.15, 0.2) is 24.3 Å². The largest absolute Gasteiger partial charge is 0.332 e. The fourth-order valence-electron chi connectivity index (χ4n) is 2.01. The van der Waals surface area contributed by atoms with Gasteiger partial charge >= 0.3 is 0 Å². The van der Waals surface area contributed by atoms with E-state index in [-0.39, 0.29) is 11.6 Å². The molecule has 18 heavy (non-hydrogen) atoms. The zero-order valence-corrected chi connectivity index (χ0v) is 10.3. The molecule has 1 fully saturated rings. The maximum Gasteiger partial charge on any atom is 0.269 e. The summed E-state index contributed by atoms with van der Waals surface area (Å²) in [5.41, 5.74) is 0.541. The van der Waals surface area contributed by atoms with Crippen molar-refractivity contribution >= 4 is 11.6 Å². The number of hydrogen-bond acceptors (Lipinski definition) is 3. The van der Waals surface area contributed by atoms with Crippen LogP contribution in [0.2, 0.25) is 0 Å². The van der Waals surface area contributed by atoms with Gasteiger partial charge in [0.05, 0.1) is 4.92 Å². The van der Waals surface area contributed by atoms with Crippen LogP contribution in [0.4, 0.5) is 5.69 Å². The minimum Gasteiger partial charge on any atom is -0.332 e. The van der Waals surface area contributed by atoms with Crippen molar-refractivity contribution in [3.63, 3.8) is 0 Å². The standard InChI is InChI=1S/C13H16N2O3/c1-2-3-4-12-9-14(12)13(16)10-5-7-11(8-6-10)15(17)18/h5-8,12H,2-4,9H2,1H3/t12-,14?/m1/s1. The van der Waals surface area contributed by atoms with E-state index in [1.807, 2.05) is 4.90 Å². The summed E-state index contributed by atoms with van der Waals surface area (Å²) in [6.07, 6.45) is 3.32. The van der Waals surface area contributed by atoms with E-state index in [4.69, 9.17) is 0 Å². The Hall–Kier alpha value is -1.91. The van der Waals surface area contributed by atoms with Crippen LogP contribution >= 0.6 is 0 Å². The van der Waals surface area contributed by atoms with Crippen LogP contribution in [0.1, 0.15) is 36.5 Å². The fraction of sp³-hybridized carbons (Fsp3) is 0.462. The van der Waals surface area contributed by atoms with Crippen molar-refractivity contribution in [2.24, 2.45) is 0 Å². The molecule has 0 radical (unpaired) electrons. The molecule has 1 saturated heterocycles. The SMILES string of the molecule is CCCC[C@@H]1CN1C(=O)c1ccc([N+](=O)[O-])cc1. The van der Waals surface area contributed by atoms with Gasteiger partial charge in [0.1, 0.15) is 0 Å². The van der Waals surface area contributed by atoms with Gasteiger partial charge in [-0.15, -0.1) is 0 Å². The van der Waals surface area contributed by atoms with E-state index in [0.717, 1.165) is 25.8 Å². The highest BCUT2D eigenvalue weighted by Crippen LogP contribution is 2.26. The van der Waals surface area contributed by atoms with Crippen molar-refractivity contribution in [2.45, 2.75) is 32.2 Å². The van der Waals surface area contributed by atoms with Crippen molar-refractivity contribution in [3.05, 3.63) is 39.9 Å². The molecule has 1 aromatic carbocycles. The molecule has 5 heteroatoms. The first-order valence-corrected chi connectivity index (χ1v) is 6.19. The van der Waals surface area contributed by atoms with Crippen LogP contribution in [0.25, 0.3) is 0 Å². The predicted octanol–water partition coefficient (Wildman–Crippen LogP) is 2.61. The summed E-state index contributed by atoms with van der Waals surface area (Å²) >= 11 is 0. The number of unbranched alkanes of at least 4 members (excludes halogenated alkanes) is 1. The predicted molar refractivity (Wildman–Crippen MR) is 67.4 cm³/mol. The number of carbonyl (C=O) groups excluding carboxylic acids is 1. The van der Waals surface area contributed by atoms with Gasteiger partial charge in [0, 0.05) is 30.3 Å². The lowest BCUT2D eigenvalue weighted by molar-refractivity contribution is -0.384. The van der Waals surface area contributed by atoms with Crippen molar-refractivity contribution < 1.29 is 9.72 Å². The molecule has 0 N–H and O–H groups in total. The van der Waals surface area contributed by atoms with Gasteiger partial charge in [-0.25, -0.2) is 0 Å². The summed E-state index contributed by atoms with van der Waals surface area (Å²) in [4.78, 5) is 23.9. The highest BCUT2D eigenvalue weighted by molar-refractivity contribution is 5.96. The number of rotatable bonds is 5. The molecule has 1 aromatic rings. The summed E-state index contributed by atoms with van der Waals surface area (Å²) in [6, 6.07) is 6.16. The number of benzene rings is 1. The molecule has 1 amide bonds. The van der Waals surface area contributed by atoms with Gasteiger partial charge in [-0.1, -0.05) is 19.8 Å². The summed E-state index contributed by atoms with van der Waals surface area (Å²) in [7, 11) is 0. The lowest BCUT2D eigenvalue weighted by Crippen LogP contribution is -2.13. The van der Waals surface area contributed by atoms with E-state index < -0.39 is 4.92 Å². The molecule has 0 bridgehead atoms. The van der Waals surface area contributed by atoms with E-state index in [0.29, 0.717) is 11.6 Å². The number of nitro groups is 1. The molecule has 0 unspecified atom stereocenters. The van der Waals surface area contributed by atoms with Crippen LogP contribution in [0.3, 0.4) is 0 Å². The Morgan fingerprint density at radius 3 is 2.67 bits per heavy atom. The second kappa shape index (κ2) is 5.16. The molecule has 1 heterocycles. The first kappa shape index (κ1) is 12.5. The molecule has 5 nitrogen and oxygen atoms in total. The first-order valence-electron chi connectivity index (χ1n) is 6.19. The van der Waals surface area contributed by atoms with Crippen molar-refractivity contribution in [1.29, 1.82) is 0 Å². The molecular formula is C13H16N2O3. The van der Waals surface area contributed by atoms with Crippen LogP contribution in [0.5, 0.6) is 0 Å². The van der Waals surface area contributed by atoms with Gasteiger partial charge in [-0.2, -0.15) is 0 Å². The van der Waals surface area contributed by atoms with Crippen LogP contribution in [-0.4, -0.2) is 28.3 Å². The summed E-state index contributed by atoms with van der Waals surface area (Å²) in [5, 5.41) is 10.5. The lowest BCUT2D eigenvalue weighted by Gasteiger charge is -2.03. The van der Waals surface area contributed by atoms with Gasteiger partial charge in [-0.3, -0.25) is 14.9 Å². The van der Waals surface area contributed by atoms with Crippen molar-refractivity contribution in [2.75, 3.05) is 6.54 Å². The maximum absolute atomic E-state index is 12.0.